The summed E-state index contributed by atoms with van der Waals surface area (Å²) in [5, 5.41) is 6.75. The minimum atomic E-state index is -3.77. The van der Waals surface area contributed by atoms with Crippen LogP contribution >= 0.6 is 0 Å². The van der Waals surface area contributed by atoms with Crippen LogP contribution < -0.4 is 14.9 Å². The lowest BCUT2D eigenvalue weighted by atomic mass is 9.86. The second-order valence-electron chi connectivity index (χ2n) is 10.6. The number of piperidine rings is 1. The number of rotatable bonds is 9. The molecule has 1 heterocycles. The molecule has 0 radical (unpaired) electrons. The predicted octanol–water partition coefficient (Wildman–Crippen LogP) is 5.06. The topological polar surface area (TPSA) is 87.7 Å². The molecule has 3 aromatic carbocycles. The molecule has 1 aliphatic rings. The Hall–Kier alpha value is -3.36. The third kappa shape index (κ3) is 7.14. The average Bonchev–Trinajstić information content (AvgIpc) is 2.91. The molecular weight excluding hydrogens is 498 g/mol. The van der Waals surface area contributed by atoms with Gasteiger partial charge in [0.2, 0.25) is 0 Å². The first-order chi connectivity index (χ1) is 18.1. The molecule has 2 N–H and O–H groups in total. The number of nitrogens with one attached hydrogen (secondary N) is 2. The van der Waals surface area contributed by atoms with Gasteiger partial charge in [0.05, 0.1) is 23.0 Å². The molecule has 7 nitrogen and oxygen atoms in total. The number of anilines is 2. The Morgan fingerprint density at radius 2 is 1.61 bits per heavy atom. The highest BCUT2D eigenvalue weighted by molar-refractivity contribution is 7.92. The molecule has 0 aromatic heterocycles. The zero-order valence-electron chi connectivity index (χ0n) is 22.3. The highest BCUT2D eigenvalue weighted by atomic mass is 32.2. The van der Waals surface area contributed by atoms with Crippen LogP contribution in [0.5, 0.6) is 0 Å². The van der Waals surface area contributed by atoms with Gasteiger partial charge in [-0.2, -0.15) is 0 Å². The van der Waals surface area contributed by atoms with Gasteiger partial charge in [0.15, 0.2) is 0 Å². The van der Waals surface area contributed by atoms with E-state index in [4.69, 9.17) is 4.74 Å². The molecular formula is C30H37N3O4S. The van der Waals surface area contributed by atoms with Crippen LogP contribution in [0.3, 0.4) is 0 Å². The Morgan fingerprint density at radius 1 is 0.974 bits per heavy atom. The molecule has 38 heavy (non-hydrogen) atoms. The van der Waals surface area contributed by atoms with Gasteiger partial charge in [-0.1, -0.05) is 48.5 Å². The van der Waals surface area contributed by atoms with Crippen molar-refractivity contribution < 1.29 is 17.9 Å². The van der Waals surface area contributed by atoms with Crippen LogP contribution in [-0.2, 0) is 26.1 Å². The van der Waals surface area contributed by atoms with Crippen molar-refractivity contribution in [3.8, 4) is 0 Å². The van der Waals surface area contributed by atoms with E-state index in [1.807, 2.05) is 75.4 Å². The fourth-order valence-electron chi connectivity index (χ4n) is 4.59. The molecule has 1 saturated heterocycles. The minimum absolute atomic E-state index is 0.138. The van der Waals surface area contributed by atoms with Gasteiger partial charge >= 0.3 is 5.97 Å². The summed E-state index contributed by atoms with van der Waals surface area (Å²) in [6.45, 7) is 7.96. The summed E-state index contributed by atoms with van der Waals surface area (Å²) in [5.74, 6) is -0.250. The molecule has 0 bridgehead atoms. The molecule has 8 heteroatoms. The molecule has 0 aliphatic carbocycles. The summed E-state index contributed by atoms with van der Waals surface area (Å²) in [6.07, 6.45) is 0.870. The molecule has 4 rings (SSSR count). The maximum absolute atomic E-state index is 13.6. The van der Waals surface area contributed by atoms with E-state index < -0.39 is 15.6 Å². The van der Waals surface area contributed by atoms with E-state index in [0.717, 1.165) is 24.2 Å². The van der Waals surface area contributed by atoms with Gasteiger partial charge in [-0.3, -0.25) is 9.10 Å². The third-order valence-electron chi connectivity index (χ3n) is 6.56. The van der Waals surface area contributed by atoms with Gasteiger partial charge < -0.3 is 15.4 Å². The van der Waals surface area contributed by atoms with E-state index in [1.54, 1.807) is 30.3 Å². The molecule has 0 amide bonds. The maximum Gasteiger partial charge on any atom is 0.311 e. The Bertz CT molecular complexity index is 1290. The number of ether oxygens (including phenoxy) is 1. The molecule has 2 atom stereocenters. The van der Waals surface area contributed by atoms with Crippen LogP contribution in [0.1, 0.15) is 32.8 Å². The summed E-state index contributed by atoms with van der Waals surface area (Å²) in [7, 11) is -3.77. The van der Waals surface area contributed by atoms with E-state index >= 15 is 0 Å². The number of sulfonamides is 1. The van der Waals surface area contributed by atoms with Gasteiger partial charge in [0.1, 0.15) is 5.60 Å². The minimum Gasteiger partial charge on any atom is -0.460 e. The first-order valence-electron chi connectivity index (χ1n) is 13.0. The van der Waals surface area contributed by atoms with Crippen LogP contribution in [0.4, 0.5) is 11.4 Å². The number of esters is 1. The molecule has 0 saturated carbocycles. The van der Waals surface area contributed by atoms with E-state index in [9.17, 15) is 13.2 Å². The van der Waals surface area contributed by atoms with Crippen molar-refractivity contribution in [3.63, 3.8) is 0 Å². The Balaban J connectivity index is 1.50. The monoisotopic (exact) mass is 535 g/mol. The molecule has 1 fully saturated rings. The van der Waals surface area contributed by atoms with E-state index in [2.05, 4.69) is 10.6 Å². The summed E-state index contributed by atoms with van der Waals surface area (Å²) in [6, 6.07) is 25.5. The van der Waals surface area contributed by atoms with Crippen LogP contribution in [-0.4, -0.2) is 39.6 Å². The summed E-state index contributed by atoms with van der Waals surface area (Å²) < 4.78 is 34.3. The van der Waals surface area contributed by atoms with Crippen LogP contribution in [0.15, 0.2) is 89.8 Å². The standard InChI is InChI=1S/C30H37N3O4S/c1-30(2,3)37-29(34)28-21-31-19-18-24(28)20-32-25-14-16-26(17-15-25)33(22-23-10-6-4-7-11-23)38(35,36)27-12-8-5-9-13-27/h4-17,24,28,31-32H,18-22H2,1-3H3. The van der Waals surface area contributed by atoms with Crippen LogP contribution in [0.2, 0.25) is 0 Å². The normalized spacial score (nSPS) is 18.0. The number of benzene rings is 3. The molecule has 2 unspecified atom stereocenters. The number of hydrogen-bond acceptors (Lipinski definition) is 6. The highest BCUT2D eigenvalue weighted by Crippen LogP contribution is 2.28. The first kappa shape index (κ1) is 27.7. The predicted molar refractivity (Wildman–Crippen MR) is 151 cm³/mol. The average molecular weight is 536 g/mol. The van der Waals surface area contributed by atoms with Crippen molar-refractivity contribution >= 4 is 27.4 Å². The summed E-state index contributed by atoms with van der Waals surface area (Å²) in [4.78, 5) is 13.0. The van der Waals surface area contributed by atoms with Crippen molar-refractivity contribution in [2.75, 3.05) is 29.3 Å². The summed E-state index contributed by atoms with van der Waals surface area (Å²) >= 11 is 0. The van der Waals surface area contributed by atoms with Crippen LogP contribution in [0, 0.1) is 11.8 Å². The van der Waals surface area contributed by atoms with Gasteiger partial charge in [-0.25, -0.2) is 8.42 Å². The van der Waals surface area contributed by atoms with Crippen LogP contribution in [0.25, 0.3) is 0 Å². The fraction of sp³-hybridized carbons (Fsp3) is 0.367. The lowest BCUT2D eigenvalue weighted by Crippen LogP contribution is -2.45. The molecule has 3 aromatic rings. The van der Waals surface area contributed by atoms with E-state index in [1.165, 1.54) is 4.31 Å². The van der Waals surface area contributed by atoms with Crippen molar-refractivity contribution in [2.24, 2.45) is 11.8 Å². The SMILES string of the molecule is CC(C)(C)OC(=O)C1CNCCC1CNc1ccc(N(Cc2ccccc2)S(=O)(=O)c2ccccc2)cc1. The van der Waals surface area contributed by atoms with Gasteiger partial charge in [0, 0.05) is 18.8 Å². The van der Waals surface area contributed by atoms with Crippen molar-refractivity contribution in [1.29, 1.82) is 0 Å². The quantitative estimate of drug-likeness (QED) is 0.373. The van der Waals surface area contributed by atoms with Crippen molar-refractivity contribution in [3.05, 3.63) is 90.5 Å². The summed E-state index contributed by atoms with van der Waals surface area (Å²) in [5.41, 5.74) is 1.82. The Labute approximate surface area is 226 Å². The second kappa shape index (κ2) is 12.0. The Kier molecular flexibility index (Phi) is 8.74. The number of carbonyl (C=O) groups excluding carboxylic acids is 1. The van der Waals surface area contributed by atoms with Crippen molar-refractivity contribution in [1.82, 2.24) is 5.32 Å². The van der Waals surface area contributed by atoms with Gasteiger partial charge in [-0.05, 0) is 81.6 Å². The lowest BCUT2D eigenvalue weighted by Gasteiger charge is -2.33. The number of hydrogen-bond donors (Lipinski definition) is 2. The number of nitrogens with zero attached hydrogens (tertiary/aromatic N) is 1. The largest absolute Gasteiger partial charge is 0.460 e. The van der Waals surface area contributed by atoms with E-state index in [-0.39, 0.29) is 29.2 Å². The molecule has 1 aliphatic heterocycles. The van der Waals surface area contributed by atoms with Gasteiger partial charge in [-0.15, -0.1) is 0 Å². The maximum atomic E-state index is 13.6. The van der Waals surface area contributed by atoms with Crippen molar-refractivity contribution in [2.45, 2.75) is 44.2 Å². The molecule has 0 spiro atoms. The fourth-order valence-corrected chi connectivity index (χ4v) is 6.06. The smallest absolute Gasteiger partial charge is 0.311 e. The number of carbonyl (C=O) groups is 1. The second-order valence-corrected chi connectivity index (χ2v) is 12.5. The van der Waals surface area contributed by atoms with Gasteiger partial charge in [0.25, 0.3) is 10.0 Å². The zero-order valence-corrected chi connectivity index (χ0v) is 23.1. The third-order valence-corrected chi connectivity index (χ3v) is 8.35. The molecule has 202 valence electrons. The highest BCUT2D eigenvalue weighted by Gasteiger charge is 2.34. The Morgan fingerprint density at radius 3 is 2.24 bits per heavy atom. The zero-order chi connectivity index (χ0) is 27.2. The van der Waals surface area contributed by atoms with E-state index in [0.29, 0.717) is 18.8 Å². The first-order valence-corrected chi connectivity index (χ1v) is 14.5. The lowest BCUT2D eigenvalue weighted by molar-refractivity contribution is -0.162.